The number of carbonyl (C=O) groups is 1. The van der Waals surface area contributed by atoms with Crippen molar-refractivity contribution in [3.63, 3.8) is 0 Å². The van der Waals surface area contributed by atoms with Crippen LogP contribution >= 0.6 is 0 Å². The standard InChI is InChI=1S/C14H18O3/c1-4-8-11-12(16-3)9-6-5-7-10(9)14(11,2)17-13(8)15/h10H,4-7H2,1-3H3. The van der Waals surface area contributed by atoms with Gasteiger partial charge in [0.1, 0.15) is 11.4 Å². The number of methoxy groups -OCH3 is 1. The molecule has 3 nitrogen and oxygen atoms in total. The highest BCUT2D eigenvalue weighted by Gasteiger charge is 2.58. The lowest BCUT2D eigenvalue weighted by Crippen LogP contribution is -2.33. The fraction of sp³-hybridized carbons (Fsp3) is 0.643. The van der Waals surface area contributed by atoms with Crippen LogP contribution in [0.15, 0.2) is 22.5 Å². The van der Waals surface area contributed by atoms with Crippen LogP contribution in [0, 0.1) is 5.92 Å². The van der Waals surface area contributed by atoms with Gasteiger partial charge in [-0.2, -0.15) is 0 Å². The van der Waals surface area contributed by atoms with E-state index in [0.717, 1.165) is 36.2 Å². The van der Waals surface area contributed by atoms with Gasteiger partial charge in [-0.1, -0.05) is 6.92 Å². The summed E-state index contributed by atoms with van der Waals surface area (Å²) in [5.74, 6) is 1.14. The summed E-state index contributed by atoms with van der Waals surface area (Å²) in [5.41, 5.74) is 2.77. The predicted molar refractivity (Wildman–Crippen MR) is 63.2 cm³/mol. The summed E-state index contributed by atoms with van der Waals surface area (Å²) in [5, 5.41) is 0. The Kier molecular flexibility index (Phi) is 2.16. The first kappa shape index (κ1) is 10.9. The van der Waals surface area contributed by atoms with E-state index in [1.54, 1.807) is 7.11 Å². The molecule has 0 amide bonds. The molecule has 0 bridgehead atoms. The van der Waals surface area contributed by atoms with Crippen LogP contribution in [0.2, 0.25) is 0 Å². The lowest BCUT2D eigenvalue weighted by Gasteiger charge is -2.27. The molecule has 0 aromatic carbocycles. The maximum atomic E-state index is 11.9. The van der Waals surface area contributed by atoms with Crippen molar-refractivity contribution in [3.05, 3.63) is 22.5 Å². The predicted octanol–water partition coefficient (Wildman–Crippen LogP) is 2.72. The molecule has 1 fully saturated rings. The molecule has 2 aliphatic carbocycles. The minimum atomic E-state index is -0.445. The van der Waals surface area contributed by atoms with Crippen molar-refractivity contribution in [1.29, 1.82) is 0 Å². The van der Waals surface area contributed by atoms with Gasteiger partial charge in [0, 0.05) is 17.1 Å². The van der Waals surface area contributed by atoms with Gasteiger partial charge in [-0.3, -0.25) is 0 Å². The molecular weight excluding hydrogens is 216 g/mol. The van der Waals surface area contributed by atoms with Crippen molar-refractivity contribution in [2.45, 2.75) is 45.1 Å². The average molecular weight is 234 g/mol. The maximum absolute atomic E-state index is 11.9. The van der Waals surface area contributed by atoms with E-state index in [2.05, 4.69) is 0 Å². The van der Waals surface area contributed by atoms with E-state index >= 15 is 0 Å². The van der Waals surface area contributed by atoms with E-state index in [1.165, 1.54) is 12.0 Å². The summed E-state index contributed by atoms with van der Waals surface area (Å²) in [4.78, 5) is 11.9. The molecule has 0 saturated heterocycles. The Hall–Kier alpha value is -1.25. The second-order valence-corrected chi connectivity index (χ2v) is 5.21. The van der Waals surface area contributed by atoms with Crippen molar-refractivity contribution in [2.24, 2.45) is 5.92 Å². The van der Waals surface area contributed by atoms with Crippen LogP contribution in [-0.2, 0) is 14.3 Å². The van der Waals surface area contributed by atoms with Crippen LogP contribution < -0.4 is 0 Å². The van der Waals surface area contributed by atoms with Crippen LogP contribution in [-0.4, -0.2) is 18.7 Å². The number of esters is 1. The smallest absolute Gasteiger partial charge is 0.335 e. The van der Waals surface area contributed by atoms with E-state index in [4.69, 9.17) is 9.47 Å². The molecule has 0 aromatic heterocycles. The van der Waals surface area contributed by atoms with Crippen LogP contribution in [0.25, 0.3) is 0 Å². The van der Waals surface area contributed by atoms with Gasteiger partial charge in [-0.15, -0.1) is 0 Å². The normalized spacial score (nSPS) is 35.2. The van der Waals surface area contributed by atoms with Crippen LogP contribution in [0.4, 0.5) is 0 Å². The molecule has 0 aromatic rings. The topological polar surface area (TPSA) is 35.5 Å². The van der Waals surface area contributed by atoms with Gasteiger partial charge in [0.2, 0.25) is 0 Å². The number of hydrogen-bond donors (Lipinski definition) is 0. The Balaban J connectivity index is 2.22. The first-order chi connectivity index (χ1) is 8.13. The second-order valence-electron chi connectivity index (χ2n) is 5.21. The minimum Gasteiger partial charge on any atom is -0.496 e. The highest BCUT2D eigenvalue weighted by Crippen LogP contribution is 2.57. The third-order valence-corrected chi connectivity index (χ3v) is 4.45. The molecule has 3 aliphatic rings. The number of rotatable bonds is 2. The molecule has 2 unspecified atom stereocenters. The zero-order valence-electron chi connectivity index (χ0n) is 10.6. The van der Waals surface area contributed by atoms with Gasteiger partial charge in [0.25, 0.3) is 0 Å². The van der Waals surface area contributed by atoms with Gasteiger partial charge >= 0.3 is 5.97 Å². The zero-order chi connectivity index (χ0) is 12.2. The summed E-state index contributed by atoms with van der Waals surface area (Å²) in [6.07, 6.45) is 4.08. The molecule has 0 spiro atoms. The monoisotopic (exact) mass is 234 g/mol. The molecule has 1 saturated carbocycles. The summed E-state index contributed by atoms with van der Waals surface area (Å²) >= 11 is 0. The van der Waals surface area contributed by atoms with Crippen LogP contribution in [0.5, 0.6) is 0 Å². The molecule has 1 aliphatic heterocycles. The van der Waals surface area contributed by atoms with Crippen molar-refractivity contribution in [1.82, 2.24) is 0 Å². The van der Waals surface area contributed by atoms with Gasteiger partial charge in [-0.25, -0.2) is 4.79 Å². The highest BCUT2D eigenvalue weighted by molar-refractivity contribution is 5.95. The zero-order valence-corrected chi connectivity index (χ0v) is 10.6. The minimum absolute atomic E-state index is 0.148. The summed E-state index contributed by atoms with van der Waals surface area (Å²) in [6, 6.07) is 0. The fourth-order valence-corrected chi connectivity index (χ4v) is 3.75. The highest BCUT2D eigenvalue weighted by atomic mass is 16.6. The number of hydrogen-bond acceptors (Lipinski definition) is 3. The Morgan fingerprint density at radius 1 is 1.53 bits per heavy atom. The first-order valence-electron chi connectivity index (χ1n) is 6.37. The summed E-state index contributed by atoms with van der Waals surface area (Å²) < 4.78 is 11.3. The van der Waals surface area contributed by atoms with Gasteiger partial charge in [0.05, 0.1) is 7.11 Å². The van der Waals surface area contributed by atoms with Gasteiger partial charge in [-0.05, 0) is 38.2 Å². The Labute approximate surface area is 101 Å². The number of carbonyl (C=O) groups excluding carboxylic acids is 1. The maximum Gasteiger partial charge on any atom is 0.335 e. The Bertz CT molecular complexity index is 458. The summed E-state index contributed by atoms with van der Waals surface area (Å²) in [6.45, 7) is 4.05. The quantitative estimate of drug-likeness (QED) is 0.689. The molecule has 1 heterocycles. The third-order valence-electron chi connectivity index (χ3n) is 4.45. The van der Waals surface area contributed by atoms with Crippen LogP contribution in [0.3, 0.4) is 0 Å². The lowest BCUT2D eigenvalue weighted by molar-refractivity contribution is -0.148. The molecular formula is C14H18O3. The van der Waals surface area contributed by atoms with Crippen molar-refractivity contribution < 1.29 is 14.3 Å². The third kappa shape index (κ3) is 1.15. The molecule has 17 heavy (non-hydrogen) atoms. The molecule has 0 radical (unpaired) electrons. The largest absolute Gasteiger partial charge is 0.496 e. The Morgan fingerprint density at radius 2 is 2.29 bits per heavy atom. The van der Waals surface area contributed by atoms with E-state index in [-0.39, 0.29) is 5.97 Å². The van der Waals surface area contributed by atoms with Gasteiger partial charge in [0.15, 0.2) is 0 Å². The molecule has 3 heteroatoms. The van der Waals surface area contributed by atoms with E-state index in [1.807, 2.05) is 13.8 Å². The number of fused-ring (bicyclic) bond motifs is 3. The van der Waals surface area contributed by atoms with Gasteiger partial charge < -0.3 is 9.47 Å². The number of ether oxygens (including phenoxy) is 2. The SMILES string of the molecule is CCC1=C2C(OC)=C3CCCC3C2(C)OC1=O. The second kappa shape index (κ2) is 3.37. The van der Waals surface area contributed by atoms with Crippen molar-refractivity contribution in [2.75, 3.05) is 7.11 Å². The molecule has 92 valence electrons. The van der Waals surface area contributed by atoms with Crippen molar-refractivity contribution >= 4 is 5.97 Å². The van der Waals surface area contributed by atoms with Crippen LogP contribution in [0.1, 0.15) is 39.5 Å². The fourth-order valence-electron chi connectivity index (χ4n) is 3.75. The summed E-state index contributed by atoms with van der Waals surface area (Å²) in [7, 11) is 1.70. The lowest BCUT2D eigenvalue weighted by atomic mass is 9.86. The molecule has 0 N–H and O–H groups in total. The average Bonchev–Trinajstić information content (AvgIpc) is 2.90. The Morgan fingerprint density at radius 3 is 2.94 bits per heavy atom. The molecule has 3 rings (SSSR count). The molecule has 2 atom stereocenters. The van der Waals surface area contributed by atoms with E-state index in [0.29, 0.717) is 5.92 Å². The first-order valence-corrected chi connectivity index (χ1v) is 6.37. The van der Waals surface area contributed by atoms with E-state index in [9.17, 15) is 4.79 Å². The van der Waals surface area contributed by atoms with Crippen molar-refractivity contribution in [3.8, 4) is 0 Å². The van der Waals surface area contributed by atoms with E-state index < -0.39 is 5.60 Å².